The van der Waals surface area contributed by atoms with Crippen LogP contribution in [0.1, 0.15) is 36.4 Å². The number of nitriles is 1. The first kappa shape index (κ1) is 25.8. The van der Waals surface area contributed by atoms with E-state index in [9.17, 15) is 14.4 Å². The summed E-state index contributed by atoms with van der Waals surface area (Å²) in [5, 5.41) is 8.43. The van der Waals surface area contributed by atoms with Crippen LogP contribution in [-0.4, -0.2) is 39.2 Å². The highest BCUT2D eigenvalue weighted by Crippen LogP contribution is 2.34. The lowest BCUT2D eigenvalue weighted by molar-refractivity contribution is -0.149. The Bertz CT molecular complexity index is 1430. The molecule has 8 nitrogen and oxygen atoms in total. The van der Waals surface area contributed by atoms with E-state index < -0.39 is 23.7 Å². The lowest BCUT2D eigenvalue weighted by Crippen LogP contribution is -2.35. The number of hydrogen-bond donors (Lipinski definition) is 0. The van der Waals surface area contributed by atoms with Crippen LogP contribution in [0.25, 0.3) is 11.8 Å². The highest BCUT2D eigenvalue weighted by atomic mass is 32.2. The summed E-state index contributed by atoms with van der Waals surface area (Å²) >= 11 is 0.809. The van der Waals surface area contributed by atoms with E-state index in [-0.39, 0.29) is 11.0 Å². The summed E-state index contributed by atoms with van der Waals surface area (Å²) in [4.78, 5) is 38.3. The molecule has 1 aromatic heterocycles. The van der Waals surface area contributed by atoms with Crippen LogP contribution < -0.4 is 4.74 Å². The van der Waals surface area contributed by atoms with Gasteiger partial charge in [-0.15, -0.1) is 0 Å². The van der Waals surface area contributed by atoms with Gasteiger partial charge in [0.1, 0.15) is 18.0 Å². The fraction of sp³-hybridized carbons (Fsp3) is 0.214. The Labute approximate surface area is 219 Å². The quantitative estimate of drug-likeness (QED) is 0.292. The number of hydrogen-bond acceptors (Lipinski definition) is 7. The zero-order valence-corrected chi connectivity index (χ0v) is 21.7. The fourth-order valence-electron chi connectivity index (χ4n) is 3.93. The van der Waals surface area contributed by atoms with E-state index in [1.54, 1.807) is 44.2 Å². The SMILES string of the molecule is Cc1cc(/C=C2\SC(=O)N(CC(=O)OC(C)C)C2=O)c(C)n1-c1ccc(Oc2ccc(C#N)cc2)cc1. The fourth-order valence-corrected chi connectivity index (χ4v) is 4.76. The molecular formula is C28H25N3O5S. The third kappa shape index (κ3) is 5.76. The number of amides is 2. The van der Waals surface area contributed by atoms with Crippen molar-refractivity contribution in [1.82, 2.24) is 9.47 Å². The van der Waals surface area contributed by atoms with Crippen LogP contribution in [0.15, 0.2) is 59.5 Å². The molecule has 2 heterocycles. The second-order valence-electron chi connectivity index (χ2n) is 8.70. The van der Waals surface area contributed by atoms with Crippen molar-refractivity contribution in [3.05, 3.63) is 82.0 Å². The second kappa shape index (κ2) is 10.8. The van der Waals surface area contributed by atoms with E-state index in [1.165, 1.54) is 0 Å². The summed E-state index contributed by atoms with van der Waals surface area (Å²) < 4.78 is 13.0. The summed E-state index contributed by atoms with van der Waals surface area (Å²) in [5.41, 5.74) is 4.11. The summed E-state index contributed by atoms with van der Waals surface area (Å²) in [6.07, 6.45) is 1.35. The maximum Gasteiger partial charge on any atom is 0.326 e. The minimum Gasteiger partial charge on any atom is -0.462 e. The van der Waals surface area contributed by atoms with Crippen LogP contribution in [0.3, 0.4) is 0 Å². The Kier molecular flexibility index (Phi) is 7.50. The molecule has 1 aliphatic rings. The molecule has 0 saturated carbocycles. The van der Waals surface area contributed by atoms with Crippen LogP contribution in [0.5, 0.6) is 11.5 Å². The predicted octanol–water partition coefficient (Wildman–Crippen LogP) is 5.75. The van der Waals surface area contributed by atoms with Crippen LogP contribution in [0.2, 0.25) is 0 Å². The van der Waals surface area contributed by atoms with Gasteiger partial charge >= 0.3 is 5.97 Å². The number of esters is 1. The molecule has 2 amide bonds. The third-order valence-corrected chi connectivity index (χ3v) is 6.51. The van der Waals surface area contributed by atoms with Crippen LogP contribution in [-0.2, 0) is 14.3 Å². The molecule has 188 valence electrons. The Balaban J connectivity index is 1.52. The number of aryl methyl sites for hydroxylation is 1. The third-order valence-electron chi connectivity index (χ3n) is 5.60. The molecule has 1 fully saturated rings. The predicted molar refractivity (Wildman–Crippen MR) is 140 cm³/mol. The number of imide groups is 1. The molecule has 0 spiro atoms. The van der Waals surface area contributed by atoms with Crippen molar-refractivity contribution in [3.8, 4) is 23.3 Å². The van der Waals surface area contributed by atoms with Crippen molar-refractivity contribution in [2.24, 2.45) is 0 Å². The monoisotopic (exact) mass is 515 g/mol. The second-order valence-corrected chi connectivity index (χ2v) is 9.69. The van der Waals surface area contributed by atoms with Gasteiger partial charge in [-0.25, -0.2) is 0 Å². The number of benzene rings is 2. The zero-order chi connectivity index (χ0) is 26.7. The van der Waals surface area contributed by atoms with E-state index in [0.29, 0.717) is 17.1 Å². The van der Waals surface area contributed by atoms with Gasteiger partial charge in [0.25, 0.3) is 11.1 Å². The summed E-state index contributed by atoms with van der Waals surface area (Å²) in [7, 11) is 0. The topological polar surface area (TPSA) is 102 Å². The molecule has 0 bridgehead atoms. The Morgan fingerprint density at radius 3 is 2.27 bits per heavy atom. The molecule has 0 N–H and O–H groups in total. The van der Waals surface area contributed by atoms with Gasteiger partial charge in [0.2, 0.25) is 0 Å². The molecule has 2 aromatic carbocycles. The molecule has 0 unspecified atom stereocenters. The molecule has 3 aromatic rings. The first-order chi connectivity index (χ1) is 17.7. The number of nitrogens with zero attached hydrogens (tertiary/aromatic N) is 3. The molecule has 9 heteroatoms. The maximum atomic E-state index is 12.8. The van der Waals surface area contributed by atoms with E-state index >= 15 is 0 Å². The first-order valence-electron chi connectivity index (χ1n) is 11.6. The highest BCUT2D eigenvalue weighted by Gasteiger charge is 2.37. The highest BCUT2D eigenvalue weighted by molar-refractivity contribution is 8.18. The van der Waals surface area contributed by atoms with E-state index in [0.717, 1.165) is 39.3 Å². The van der Waals surface area contributed by atoms with Gasteiger partial charge in [-0.3, -0.25) is 19.3 Å². The average molecular weight is 516 g/mol. The van der Waals surface area contributed by atoms with Gasteiger partial charge < -0.3 is 14.0 Å². The van der Waals surface area contributed by atoms with Crippen molar-refractivity contribution in [2.75, 3.05) is 6.54 Å². The number of ether oxygens (including phenoxy) is 2. The van der Waals surface area contributed by atoms with Crippen molar-refractivity contribution in [1.29, 1.82) is 5.26 Å². The van der Waals surface area contributed by atoms with Gasteiger partial charge in [-0.05, 0) is 106 Å². The molecular weight excluding hydrogens is 490 g/mol. The molecule has 0 atom stereocenters. The smallest absolute Gasteiger partial charge is 0.326 e. The minimum atomic E-state index is -0.622. The number of rotatable bonds is 7. The molecule has 37 heavy (non-hydrogen) atoms. The van der Waals surface area contributed by atoms with Crippen molar-refractivity contribution < 1.29 is 23.9 Å². The lowest BCUT2D eigenvalue weighted by Gasteiger charge is -2.13. The Hall–Kier alpha value is -4.29. The van der Waals surface area contributed by atoms with Crippen LogP contribution in [0, 0.1) is 25.2 Å². The number of aromatic nitrogens is 1. The van der Waals surface area contributed by atoms with Crippen LogP contribution >= 0.6 is 11.8 Å². The number of thioether (sulfide) groups is 1. The number of carbonyl (C=O) groups is 3. The largest absolute Gasteiger partial charge is 0.462 e. The molecule has 4 rings (SSSR count). The lowest BCUT2D eigenvalue weighted by atomic mass is 10.2. The summed E-state index contributed by atoms with van der Waals surface area (Å²) in [6, 6.07) is 18.5. The van der Waals surface area contributed by atoms with Crippen molar-refractivity contribution in [3.63, 3.8) is 0 Å². The molecule has 0 aliphatic carbocycles. The standard InChI is InChI=1S/C28H25N3O5S/c1-17(2)35-26(32)16-30-27(33)25(37-28(30)34)14-21-13-18(3)31(19(21)4)22-7-11-24(12-8-22)36-23-9-5-20(15-29)6-10-23/h5-14,17H,16H2,1-4H3/b25-14-. The molecule has 1 saturated heterocycles. The van der Waals surface area contributed by atoms with Gasteiger partial charge in [-0.1, -0.05) is 0 Å². The van der Waals surface area contributed by atoms with Crippen molar-refractivity contribution >= 4 is 35.0 Å². The zero-order valence-electron chi connectivity index (χ0n) is 20.8. The minimum absolute atomic E-state index is 0.258. The van der Waals surface area contributed by atoms with E-state index in [2.05, 4.69) is 6.07 Å². The van der Waals surface area contributed by atoms with Crippen molar-refractivity contribution in [2.45, 2.75) is 33.8 Å². The van der Waals surface area contributed by atoms with Gasteiger partial charge in [0.05, 0.1) is 22.6 Å². The van der Waals surface area contributed by atoms with Crippen LogP contribution in [0.4, 0.5) is 4.79 Å². The normalized spacial score (nSPS) is 14.4. The average Bonchev–Trinajstić information content (AvgIpc) is 3.28. The first-order valence-corrected chi connectivity index (χ1v) is 12.4. The maximum absolute atomic E-state index is 12.8. The van der Waals surface area contributed by atoms with Gasteiger partial charge in [0.15, 0.2) is 0 Å². The van der Waals surface area contributed by atoms with E-state index in [4.69, 9.17) is 14.7 Å². The number of carbonyl (C=O) groups excluding carboxylic acids is 3. The summed E-state index contributed by atoms with van der Waals surface area (Å²) in [6.45, 7) is 6.90. The Morgan fingerprint density at radius 2 is 1.68 bits per heavy atom. The van der Waals surface area contributed by atoms with Gasteiger partial charge in [-0.2, -0.15) is 5.26 Å². The molecule has 0 radical (unpaired) electrons. The summed E-state index contributed by atoms with van der Waals surface area (Å²) in [5.74, 6) is 0.155. The van der Waals surface area contributed by atoms with E-state index in [1.807, 2.05) is 48.7 Å². The van der Waals surface area contributed by atoms with Gasteiger partial charge in [0, 0.05) is 17.1 Å². The molecule has 1 aliphatic heterocycles. The Morgan fingerprint density at radius 1 is 1.05 bits per heavy atom.